The fourth-order valence-electron chi connectivity index (χ4n) is 0.783. The first-order valence-corrected chi connectivity index (χ1v) is 2.54. The van der Waals surface area contributed by atoms with E-state index in [4.69, 9.17) is 0 Å². The zero-order valence-corrected chi connectivity index (χ0v) is 4.48. The highest BCUT2D eigenvalue weighted by Crippen LogP contribution is 2.04. The molecule has 7 heavy (non-hydrogen) atoms. The van der Waals surface area contributed by atoms with Gasteiger partial charge < -0.3 is 4.90 Å². The maximum absolute atomic E-state index is 10.5. The monoisotopic (exact) mass is 100 g/mol. The molecule has 1 rings (SSSR count). The summed E-state index contributed by atoms with van der Waals surface area (Å²) in [7, 11) is 1.84. The molecular weight excluding hydrogens is 91.1 g/mol. The standard InChI is InChI=1S/C5H9NO/c1-6-4-2-3-5(6)7/h2-4H2,1H3/i6+1. The van der Waals surface area contributed by atoms with Crippen LogP contribution in [-0.4, -0.2) is 24.4 Å². The molecular formula is C5H9NO. The summed E-state index contributed by atoms with van der Waals surface area (Å²) in [5.41, 5.74) is 0. The summed E-state index contributed by atoms with van der Waals surface area (Å²) in [5.74, 6) is 0.292. The molecule has 0 aliphatic carbocycles. The van der Waals surface area contributed by atoms with E-state index in [0.29, 0.717) is 5.91 Å². The van der Waals surface area contributed by atoms with Crippen LogP contribution in [0.15, 0.2) is 0 Å². The van der Waals surface area contributed by atoms with Crippen molar-refractivity contribution >= 4 is 5.91 Å². The van der Waals surface area contributed by atoms with Crippen molar-refractivity contribution in [2.45, 2.75) is 12.8 Å². The molecule has 0 bridgehead atoms. The Bertz CT molecular complexity index is 90.1. The van der Waals surface area contributed by atoms with Crippen LogP contribution in [0, 0.1) is 0 Å². The Labute approximate surface area is 43.1 Å². The molecule has 1 fully saturated rings. The van der Waals surface area contributed by atoms with Gasteiger partial charge in [-0.2, -0.15) is 0 Å². The average molecular weight is 100 g/mol. The zero-order valence-electron chi connectivity index (χ0n) is 4.48. The number of likely N-dealkylation sites (tertiary alicyclic amines) is 1. The van der Waals surface area contributed by atoms with Crippen LogP contribution in [0.5, 0.6) is 0 Å². The van der Waals surface area contributed by atoms with Crippen LogP contribution in [-0.2, 0) is 4.79 Å². The van der Waals surface area contributed by atoms with Gasteiger partial charge in [0.1, 0.15) is 0 Å². The zero-order chi connectivity index (χ0) is 5.28. The van der Waals surface area contributed by atoms with Gasteiger partial charge >= 0.3 is 0 Å². The van der Waals surface area contributed by atoms with Crippen molar-refractivity contribution in [2.24, 2.45) is 0 Å². The largest absolute Gasteiger partial charge is 0.346 e. The van der Waals surface area contributed by atoms with Gasteiger partial charge in [0.05, 0.1) is 0 Å². The molecule has 0 aromatic rings. The van der Waals surface area contributed by atoms with Crippen LogP contribution in [0.25, 0.3) is 0 Å². The SMILES string of the molecule is C[15N]1CCCC1=O. The third-order valence-electron chi connectivity index (χ3n) is 1.31. The molecule has 1 heterocycles. The van der Waals surface area contributed by atoms with Crippen molar-refractivity contribution in [3.05, 3.63) is 0 Å². The normalized spacial score (nSPS) is 21.3. The molecule has 2 nitrogen and oxygen atoms in total. The van der Waals surface area contributed by atoms with Gasteiger partial charge in [0, 0.05) is 20.0 Å². The van der Waals surface area contributed by atoms with Crippen molar-refractivity contribution in [2.75, 3.05) is 13.6 Å². The first-order valence-electron chi connectivity index (χ1n) is 2.54. The number of rotatable bonds is 0. The van der Waals surface area contributed by atoms with Crippen LogP contribution < -0.4 is 0 Å². The highest BCUT2D eigenvalue weighted by Gasteiger charge is 2.14. The molecule has 0 unspecified atom stereocenters. The predicted octanol–water partition coefficient (Wildman–Crippen LogP) is 0.239. The van der Waals surface area contributed by atoms with E-state index in [1.165, 1.54) is 0 Å². The second kappa shape index (κ2) is 1.52. The van der Waals surface area contributed by atoms with Gasteiger partial charge in [-0.05, 0) is 6.42 Å². The molecule has 1 amide bonds. The molecule has 40 valence electrons. The van der Waals surface area contributed by atoms with Crippen LogP contribution >= 0.6 is 0 Å². The Morgan fingerprint density at radius 1 is 1.71 bits per heavy atom. The third kappa shape index (κ3) is 0.734. The fourth-order valence-corrected chi connectivity index (χ4v) is 0.783. The van der Waals surface area contributed by atoms with Crippen molar-refractivity contribution in [1.29, 1.82) is 0 Å². The summed E-state index contributed by atoms with van der Waals surface area (Å²) < 4.78 is 0. The van der Waals surface area contributed by atoms with E-state index < -0.39 is 0 Å². The van der Waals surface area contributed by atoms with E-state index >= 15 is 0 Å². The van der Waals surface area contributed by atoms with Crippen molar-refractivity contribution < 1.29 is 4.79 Å². The van der Waals surface area contributed by atoms with Crippen molar-refractivity contribution in [3.8, 4) is 0 Å². The Morgan fingerprint density at radius 2 is 2.43 bits per heavy atom. The van der Waals surface area contributed by atoms with Crippen molar-refractivity contribution in [3.63, 3.8) is 0 Å². The van der Waals surface area contributed by atoms with E-state index in [-0.39, 0.29) is 0 Å². The summed E-state index contributed by atoms with van der Waals surface area (Å²) in [4.78, 5) is 12.3. The predicted molar refractivity (Wildman–Crippen MR) is 26.9 cm³/mol. The number of amides is 1. The lowest BCUT2D eigenvalue weighted by molar-refractivity contribution is -0.126. The van der Waals surface area contributed by atoms with Gasteiger partial charge in [0.2, 0.25) is 5.91 Å². The van der Waals surface area contributed by atoms with Gasteiger partial charge in [-0.15, -0.1) is 0 Å². The van der Waals surface area contributed by atoms with Gasteiger partial charge in [-0.3, -0.25) is 4.79 Å². The number of hydrogen-bond donors (Lipinski definition) is 0. The van der Waals surface area contributed by atoms with Crippen LogP contribution in [0.3, 0.4) is 0 Å². The Balaban J connectivity index is 2.48. The fraction of sp³-hybridized carbons (Fsp3) is 0.800. The van der Waals surface area contributed by atoms with Gasteiger partial charge in [0.15, 0.2) is 0 Å². The molecule has 0 N–H and O–H groups in total. The average Bonchev–Trinajstić information content (AvgIpc) is 1.91. The van der Waals surface area contributed by atoms with E-state index in [1.807, 2.05) is 7.05 Å². The lowest BCUT2D eigenvalue weighted by Gasteiger charge is -2.03. The topological polar surface area (TPSA) is 20.3 Å². The molecule has 2 heteroatoms. The first kappa shape index (κ1) is 4.62. The van der Waals surface area contributed by atoms with Crippen LogP contribution in [0.4, 0.5) is 0 Å². The molecule has 0 saturated carbocycles. The van der Waals surface area contributed by atoms with Crippen LogP contribution in [0.1, 0.15) is 12.8 Å². The highest BCUT2D eigenvalue weighted by atomic mass is 16.2. The highest BCUT2D eigenvalue weighted by molar-refractivity contribution is 5.77. The molecule has 0 aromatic heterocycles. The maximum atomic E-state index is 10.5. The molecule has 0 atom stereocenters. The minimum Gasteiger partial charge on any atom is -0.346 e. The second-order valence-electron chi connectivity index (χ2n) is 1.92. The summed E-state index contributed by atoms with van der Waals surface area (Å²) in [6.07, 6.45) is 1.81. The smallest absolute Gasteiger partial charge is 0.222 e. The van der Waals surface area contributed by atoms with Crippen molar-refractivity contribution in [1.82, 2.24) is 4.90 Å². The van der Waals surface area contributed by atoms with Gasteiger partial charge in [0.25, 0.3) is 0 Å². The van der Waals surface area contributed by atoms with E-state index in [9.17, 15) is 4.79 Å². The quantitative estimate of drug-likeness (QED) is 0.399. The van der Waals surface area contributed by atoms with E-state index in [1.54, 1.807) is 4.90 Å². The Kier molecular flexibility index (Phi) is 1.01. The van der Waals surface area contributed by atoms with Gasteiger partial charge in [-0.1, -0.05) is 0 Å². The number of carbonyl (C=O) groups is 1. The summed E-state index contributed by atoms with van der Waals surface area (Å²) in [5, 5.41) is 0. The molecule has 1 saturated heterocycles. The minimum absolute atomic E-state index is 0.292. The number of carbonyl (C=O) groups excluding carboxylic acids is 1. The third-order valence-corrected chi connectivity index (χ3v) is 1.31. The summed E-state index contributed by atoms with van der Waals surface area (Å²) >= 11 is 0. The molecule has 1 aliphatic heterocycles. The van der Waals surface area contributed by atoms with E-state index in [2.05, 4.69) is 0 Å². The second-order valence-corrected chi connectivity index (χ2v) is 1.92. The summed E-state index contributed by atoms with van der Waals surface area (Å²) in [6, 6.07) is 0. The van der Waals surface area contributed by atoms with Gasteiger partial charge in [-0.25, -0.2) is 0 Å². The first-order chi connectivity index (χ1) is 3.30. The summed E-state index contributed by atoms with van der Waals surface area (Å²) in [6.45, 7) is 0.957. The number of nitrogens with zero attached hydrogens (tertiary/aromatic N) is 1. The van der Waals surface area contributed by atoms with E-state index in [0.717, 1.165) is 19.4 Å². The molecule has 0 aromatic carbocycles. The minimum atomic E-state index is 0.292. The maximum Gasteiger partial charge on any atom is 0.222 e. The number of hydrogen-bond acceptors (Lipinski definition) is 1. The molecule has 0 spiro atoms. The Morgan fingerprint density at radius 3 is 2.57 bits per heavy atom. The van der Waals surface area contributed by atoms with Crippen LogP contribution in [0.2, 0.25) is 0 Å². The lowest BCUT2D eigenvalue weighted by Crippen LogP contribution is -2.17. The lowest BCUT2D eigenvalue weighted by atomic mass is 10.4. The molecule has 1 aliphatic rings. The Hall–Kier alpha value is -0.530. The molecule has 0 radical (unpaired) electrons.